The Bertz CT molecular complexity index is 1380. The molecule has 12 nitrogen and oxygen atoms in total. The number of amides is 3. The van der Waals surface area contributed by atoms with Crippen molar-refractivity contribution in [3.05, 3.63) is 59.7 Å². The van der Waals surface area contributed by atoms with E-state index in [2.05, 4.69) is 10.6 Å². The first kappa shape index (κ1) is 35.7. The Labute approximate surface area is 269 Å². The predicted octanol–water partition coefficient (Wildman–Crippen LogP) is 3.56. The van der Waals surface area contributed by atoms with Gasteiger partial charge in [0.25, 0.3) is 0 Å². The van der Waals surface area contributed by atoms with E-state index in [0.29, 0.717) is 6.29 Å². The molecule has 248 valence electrons. The summed E-state index contributed by atoms with van der Waals surface area (Å²) in [6.45, 7) is 7.65. The van der Waals surface area contributed by atoms with Crippen LogP contribution in [0.25, 0.3) is 11.1 Å². The Kier molecular flexibility index (Phi) is 12.8. The number of carbonyl (C=O) groups excluding carboxylic acids is 6. The van der Waals surface area contributed by atoms with E-state index in [0.717, 1.165) is 41.2 Å². The maximum atomic E-state index is 13.8. The molecule has 0 spiro atoms. The molecule has 0 saturated heterocycles. The second-order valence-corrected chi connectivity index (χ2v) is 11.9. The Morgan fingerprint density at radius 2 is 1.48 bits per heavy atom. The molecule has 1 aliphatic rings. The van der Waals surface area contributed by atoms with Crippen LogP contribution in [0.2, 0.25) is 0 Å². The van der Waals surface area contributed by atoms with Gasteiger partial charge in [0, 0.05) is 19.3 Å². The molecule has 3 unspecified atom stereocenters. The lowest BCUT2D eigenvalue weighted by Crippen LogP contribution is -2.59. The third-order valence-electron chi connectivity index (χ3n) is 7.75. The summed E-state index contributed by atoms with van der Waals surface area (Å²) in [5.41, 5.74) is 4.26. The third-order valence-corrected chi connectivity index (χ3v) is 7.75. The van der Waals surface area contributed by atoms with Crippen LogP contribution in [0.4, 0.5) is 4.79 Å². The molecule has 0 fully saturated rings. The third kappa shape index (κ3) is 8.92. The molecular formula is C34H43N3O9. The number of alkyl carbamates (subject to hydrolysis) is 1. The maximum absolute atomic E-state index is 13.8. The van der Waals surface area contributed by atoms with Crippen LogP contribution in [0, 0.1) is 11.8 Å². The van der Waals surface area contributed by atoms with Crippen LogP contribution >= 0.6 is 0 Å². The van der Waals surface area contributed by atoms with Gasteiger partial charge in [-0.25, -0.2) is 9.59 Å². The lowest BCUT2D eigenvalue weighted by Gasteiger charge is -2.33. The zero-order valence-corrected chi connectivity index (χ0v) is 27.1. The van der Waals surface area contributed by atoms with Crippen molar-refractivity contribution in [3.8, 4) is 11.1 Å². The van der Waals surface area contributed by atoms with Crippen LogP contribution in [-0.4, -0.2) is 79.6 Å². The molecule has 3 atom stereocenters. The molecule has 0 radical (unpaired) electrons. The summed E-state index contributed by atoms with van der Waals surface area (Å²) in [6.07, 6.45) is -0.529. The highest BCUT2D eigenvalue weighted by atomic mass is 16.6. The van der Waals surface area contributed by atoms with E-state index < -0.39 is 67.0 Å². The molecule has 3 rings (SSSR count). The number of fused-ring (bicyclic) bond motifs is 3. The van der Waals surface area contributed by atoms with E-state index in [1.807, 2.05) is 62.4 Å². The summed E-state index contributed by atoms with van der Waals surface area (Å²) < 4.78 is 15.4. The highest BCUT2D eigenvalue weighted by Gasteiger charge is 2.38. The maximum Gasteiger partial charge on any atom is 0.407 e. The van der Waals surface area contributed by atoms with Gasteiger partial charge in [-0.15, -0.1) is 0 Å². The van der Waals surface area contributed by atoms with Crippen molar-refractivity contribution in [2.45, 2.75) is 71.5 Å². The Hall–Kier alpha value is -4.74. The van der Waals surface area contributed by atoms with Gasteiger partial charge >= 0.3 is 18.0 Å². The summed E-state index contributed by atoms with van der Waals surface area (Å²) >= 11 is 0. The van der Waals surface area contributed by atoms with E-state index in [1.165, 1.54) is 0 Å². The number of esters is 2. The molecule has 2 N–H and O–H groups in total. The number of ether oxygens (including phenoxy) is 3. The summed E-state index contributed by atoms with van der Waals surface area (Å²) in [5.74, 6) is -3.72. The molecule has 1 aliphatic carbocycles. The molecule has 2 aromatic rings. The normalized spacial score (nSPS) is 13.9. The molecule has 0 bridgehead atoms. The van der Waals surface area contributed by atoms with E-state index in [1.54, 1.807) is 13.8 Å². The average molecular weight is 638 g/mol. The molecule has 3 amide bonds. The van der Waals surface area contributed by atoms with Crippen molar-refractivity contribution in [1.82, 2.24) is 15.5 Å². The van der Waals surface area contributed by atoms with Crippen molar-refractivity contribution in [3.63, 3.8) is 0 Å². The Morgan fingerprint density at radius 3 is 1.98 bits per heavy atom. The quantitative estimate of drug-likeness (QED) is 0.129. The van der Waals surface area contributed by atoms with Crippen molar-refractivity contribution in [1.29, 1.82) is 0 Å². The van der Waals surface area contributed by atoms with Gasteiger partial charge in [-0.1, -0.05) is 76.2 Å². The number of nitrogens with zero attached hydrogens (tertiary/aromatic N) is 1. The molecule has 2 aromatic carbocycles. The minimum Gasteiger partial charge on any atom is -0.467 e. The number of nitrogens with one attached hydrogen (secondary N) is 2. The van der Waals surface area contributed by atoms with E-state index >= 15 is 0 Å². The number of rotatable bonds is 15. The van der Waals surface area contributed by atoms with Gasteiger partial charge in [0.15, 0.2) is 6.73 Å². The van der Waals surface area contributed by atoms with Crippen molar-refractivity contribution < 1.29 is 43.0 Å². The number of hydrogen-bond donors (Lipinski definition) is 2. The zero-order chi connectivity index (χ0) is 34.0. The zero-order valence-electron chi connectivity index (χ0n) is 27.1. The van der Waals surface area contributed by atoms with Gasteiger partial charge in [0.05, 0.1) is 7.11 Å². The van der Waals surface area contributed by atoms with E-state index in [9.17, 15) is 28.8 Å². The summed E-state index contributed by atoms with van der Waals surface area (Å²) in [5, 5.41) is 5.35. The van der Waals surface area contributed by atoms with Crippen LogP contribution in [0.1, 0.15) is 64.5 Å². The largest absolute Gasteiger partial charge is 0.467 e. The van der Waals surface area contributed by atoms with Crippen LogP contribution < -0.4 is 10.6 Å². The van der Waals surface area contributed by atoms with Crippen LogP contribution in [0.5, 0.6) is 0 Å². The fourth-order valence-electron chi connectivity index (χ4n) is 5.48. The molecular weight excluding hydrogens is 594 g/mol. The lowest BCUT2D eigenvalue weighted by atomic mass is 9.98. The monoisotopic (exact) mass is 637 g/mol. The predicted molar refractivity (Wildman–Crippen MR) is 168 cm³/mol. The Morgan fingerprint density at radius 1 is 0.891 bits per heavy atom. The van der Waals surface area contributed by atoms with E-state index in [4.69, 9.17) is 14.2 Å². The van der Waals surface area contributed by atoms with Gasteiger partial charge in [-0.2, -0.15) is 0 Å². The molecule has 0 saturated carbocycles. The fraction of sp³-hybridized carbons (Fsp3) is 0.471. The average Bonchev–Trinajstić information content (AvgIpc) is 3.34. The van der Waals surface area contributed by atoms with Crippen molar-refractivity contribution in [2.24, 2.45) is 11.8 Å². The van der Waals surface area contributed by atoms with Crippen LogP contribution in [-0.2, 0) is 38.2 Å². The first-order chi connectivity index (χ1) is 21.9. The number of aldehydes is 1. The SMILES string of the molecule is COC(=O)C(CC=O)N(COC(C)=O)C(=O)C(NC(=O)C(CC(C)C)NC(=O)OCC1c2ccccc2-c2ccccc21)C(C)C. The Balaban J connectivity index is 1.76. The smallest absolute Gasteiger partial charge is 0.407 e. The lowest BCUT2D eigenvalue weighted by molar-refractivity contribution is -0.165. The number of methoxy groups -OCH3 is 1. The number of carbonyl (C=O) groups is 6. The highest BCUT2D eigenvalue weighted by molar-refractivity contribution is 5.94. The van der Waals surface area contributed by atoms with Crippen LogP contribution in [0.15, 0.2) is 48.5 Å². The molecule has 12 heteroatoms. The minimum absolute atomic E-state index is 0.0189. The van der Waals surface area contributed by atoms with Crippen molar-refractivity contribution >= 4 is 36.1 Å². The van der Waals surface area contributed by atoms with E-state index in [-0.39, 0.29) is 24.9 Å². The first-order valence-corrected chi connectivity index (χ1v) is 15.3. The first-order valence-electron chi connectivity index (χ1n) is 15.3. The van der Waals surface area contributed by atoms with Gasteiger partial charge in [0.2, 0.25) is 11.8 Å². The highest BCUT2D eigenvalue weighted by Crippen LogP contribution is 2.44. The van der Waals surface area contributed by atoms with Gasteiger partial charge < -0.3 is 29.6 Å². The number of benzene rings is 2. The second-order valence-electron chi connectivity index (χ2n) is 11.9. The molecule has 0 aliphatic heterocycles. The van der Waals surface area contributed by atoms with Crippen molar-refractivity contribution in [2.75, 3.05) is 20.4 Å². The molecule has 0 heterocycles. The summed E-state index contributed by atoms with van der Waals surface area (Å²) in [6, 6.07) is 12.2. The fourth-order valence-corrected chi connectivity index (χ4v) is 5.48. The van der Waals surface area contributed by atoms with Gasteiger partial charge in [0.1, 0.15) is 31.0 Å². The standard InChI is InChI=1S/C34H43N3O9/c1-20(2)17-28(35-34(43)45-18-27-25-13-9-7-11-23(25)24-12-8-10-14-26(24)27)31(40)36-30(21(3)4)32(41)37(19-46-22(5)39)29(15-16-38)33(42)44-6/h7-14,16,20-21,27-30H,15,17-19H2,1-6H3,(H,35,43)(H,36,40). The number of hydrogen-bond acceptors (Lipinski definition) is 9. The van der Waals surface area contributed by atoms with Crippen LogP contribution in [0.3, 0.4) is 0 Å². The topological polar surface area (TPSA) is 157 Å². The van der Waals surface area contributed by atoms with Gasteiger partial charge in [-0.05, 0) is 40.5 Å². The minimum atomic E-state index is -1.39. The second kappa shape index (κ2) is 16.5. The molecule has 0 aromatic heterocycles. The molecule has 46 heavy (non-hydrogen) atoms. The summed E-state index contributed by atoms with van der Waals surface area (Å²) in [7, 11) is 1.10. The summed E-state index contributed by atoms with van der Waals surface area (Å²) in [4.78, 5) is 76.8. The van der Waals surface area contributed by atoms with Gasteiger partial charge in [-0.3, -0.25) is 19.3 Å².